The standard InChI is InChI=1S/C18H18N2O3/c21-17(14-10-11-14)19-20-18(22)15-8-4-5-9-16(15)23-12-13-6-2-1-3-7-13/h1-9,14H,10-12H2,(H,19,21)(H,20,22). The van der Waals surface area contributed by atoms with Crippen LogP contribution in [0.5, 0.6) is 5.75 Å². The number of hydrogen-bond donors (Lipinski definition) is 2. The third-order valence-corrected chi connectivity index (χ3v) is 3.62. The van der Waals surface area contributed by atoms with Crippen LogP contribution < -0.4 is 15.6 Å². The van der Waals surface area contributed by atoms with Crippen LogP contribution in [-0.2, 0) is 11.4 Å². The fourth-order valence-electron chi connectivity index (χ4n) is 2.15. The first-order chi connectivity index (χ1) is 11.2. The van der Waals surface area contributed by atoms with Crippen LogP contribution >= 0.6 is 0 Å². The molecule has 2 N–H and O–H groups in total. The number of rotatable bonds is 5. The Kier molecular flexibility index (Phi) is 4.57. The van der Waals surface area contributed by atoms with Crippen molar-refractivity contribution in [1.29, 1.82) is 0 Å². The molecule has 2 aromatic carbocycles. The minimum absolute atomic E-state index is 0.0416. The first kappa shape index (κ1) is 15.1. The molecule has 0 bridgehead atoms. The van der Waals surface area contributed by atoms with E-state index in [0.29, 0.717) is 17.9 Å². The first-order valence-corrected chi connectivity index (χ1v) is 7.60. The van der Waals surface area contributed by atoms with Gasteiger partial charge in [-0.05, 0) is 30.5 Å². The van der Waals surface area contributed by atoms with Gasteiger partial charge in [0.25, 0.3) is 5.91 Å². The fraction of sp³-hybridized carbons (Fsp3) is 0.222. The van der Waals surface area contributed by atoms with E-state index in [4.69, 9.17) is 4.74 Å². The topological polar surface area (TPSA) is 67.4 Å². The number of ether oxygens (including phenoxy) is 1. The molecule has 1 aliphatic carbocycles. The Labute approximate surface area is 134 Å². The second-order valence-corrected chi connectivity index (χ2v) is 5.49. The Balaban J connectivity index is 1.62. The second-order valence-electron chi connectivity index (χ2n) is 5.49. The van der Waals surface area contributed by atoms with E-state index < -0.39 is 0 Å². The molecule has 0 aromatic heterocycles. The zero-order valence-electron chi connectivity index (χ0n) is 12.6. The summed E-state index contributed by atoms with van der Waals surface area (Å²) in [6.07, 6.45) is 1.77. The second kappa shape index (κ2) is 6.96. The Morgan fingerprint density at radius 3 is 2.39 bits per heavy atom. The van der Waals surface area contributed by atoms with Crippen molar-refractivity contribution in [3.63, 3.8) is 0 Å². The average molecular weight is 310 g/mol. The van der Waals surface area contributed by atoms with E-state index in [9.17, 15) is 9.59 Å². The van der Waals surface area contributed by atoms with E-state index in [1.807, 2.05) is 30.3 Å². The quantitative estimate of drug-likeness (QED) is 0.834. The molecule has 5 heteroatoms. The predicted molar refractivity (Wildman–Crippen MR) is 85.5 cm³/mol. The Hall–Kier alpha value is -2.82. The zero-order valence-corrected chi connectivity index (χ0v) is 12.6. The van der Waals surface area contributed by atoms with Crippen molar-refractivity contribution in [2.75, 3.05) is 0 Å². The van der Waals surface area contributed by atoms with E-state index in [1.54, 1.807) is 24.3 Å². The molecular weight excluding hydrogens is 292 g/mol. The van der Waals surface area contributed by atoms with Crippen LogP contribution in [0.1, 0.15) is 28.8 Å². The van der Waals surface area contributed by atoms with Gasteiger partial charge >= 0.3 is 0 Å². The van der Waals surface area contributed by atoms with Gasteiger partial charge in [0.2, 0.25) is 5.91 Å². The maximum absolute atomic E-state index is 12.2. The summed E-state index contributed by atoms with van der Waals surface area (Å²) in [4.78, 5) is 23.8. The van der Waals surface area contributed by atoms with Crippen LogP contribution in [-0.4, -0.2) is 11.8 Å². The Morgan fingerprint density at radius 1 is 0.957 bits per heavy atom. The molecule has 0 atom stereocenters. The summed E-state index contributed by atoms with van der Waals surface area (Å²) in [6, 6.07) is 16.7. The summed E-state index contributed by atoms with van der Waals surface area (Å²) in [5.74, 6) is -0.00176. The van der Waals surface area contributed by atoms with Crippen LogP contribution in [0.15, 0.2) is 54.6 Å². The molecule has 5 nitrogen and oxygen atoms in total. The van der Waals surface area contributed by atoms with Gasteiger partial charge < -0.3 is 4.74 Å². The minimum Gasteiger partial charge on any atom is -0.488 e. The number of amides is 2. The molecule has 118 valence electrons. The lowest BCUT2D eigenvalue weighted by Gasteiger charge is -2.12. The normalized spacial score (nSPS) is 13.2. The molecule has 1 fully saturated rings. The molecule has 0 radical (unpaired) electrons. The SMILES string of the molecule is O=C(NNC(=O)C1CC1)c1ccccc1OCc1ccccc1. The molecule has 0 saturated heterocycles. The molecule has 0 unspecified atom stereocenters. The predicted octanol–water partition coefficient (Wildman–Crippen LogP) is 2.44. The highest BCUT2D eigenvalue weighted by Gasteiger charge is 2.29. The average Bonchev–Trinajstić information content (AvgIpc) is 3.44. The molecule has 1 aliphatic rings. The van der Waals surface area contributed by atoms with Gasteiger partial charge in [-0.1, -0.05) is 42.5 Å². The van der Waals surface area contributed by atoms with Crippen molar-refractivity contribution >= 4 is 11.8 Å². The molecular formula is C18H18N2O3. The lowest BCUT2D eigenvalue weighted by Crippen LogP contribution is -2.42. The van der Waals surface area contributed by atoms with E-state index >= 15 is 0 Å². The number of hydrogen-bond acceptors (Lipinski definition) is 3. The van der Waals surface area contributed by atoms with Gasteiger partial charge in [0.1, 0.15) is 12.4 Å². The highest BCUT2D eigenvalue weighted by atomic mass is 16.5. The Bertz CT molecular complexity index is 696. The first-order valence-electron chi connectivity index (χ1n) is 7.60. The van der Waals surface area contributed by atoms with E-state index in [1.165, 1.54) is 0 Å². The molecule has 2 aromatic rings. The number of carbonyl (C=O) groups is 2. The van der Waals surface area contributed by atoms with Crippen molar-refractivity contribution < 1.29 is 14.3 Å². The molecule has 1 saturated carbocycles. The summed E-state index contributed by atoms with van der Waals surface area (Å²) < 4.78 is 5.74. The molecule has 23 heavy (non-hydrogen) atoms. The number of carbonyl (C=O) groups excluding carboxylic acids is 2. The van der Waals surface area contributed by atoms with Gasteiger partial charge in [-0.3, -0.25) is 20.4 Å². The van der Waals surface area contributed by atoms with Crippen molar-refractivity contribution in [2.45, 2.75) is 19.4 Å². The minimum atomic E-state index is -0.386. The monoisotopic (exact) mass is 310 g/mol. The van der Waals surface area contributed by atoms with Gasteiger partial charge in [0.15, 0.2) is 0 Å². The summed E-state index contributed by atoms with van der Waals surface area (Å²) in [5, 5.41) is 0. The van der Waals surface area contributed by atoms with Crippen LogP contribution in [0.2, 0.25) is 0 Å². The molecule has 0 spiro atoms. The van der Waals surface area contributed by atoms with Crippen LogP contribution in [0, 0.1) is 5.92 Å². The molecule has 3 rings (SSSR count). The largest absolute Gasteiger partial charge is 0.488 e. The van der Waals surface area contributed by atoms with Crippen LogP contribution in [0.25, 0.3) is 0 Å². The number of nitrogens with one attached hydrogen (secondary N) is 2. The zero-order chi connectivity index (χ0) is 16.1. The van der Waals surface area contributed by atoms with Gasteiger partial charge in [-0.2, -0.15) is 0 Å². The van der Waals surface area contributed by atoms with Gasteiger partial charge in [-0.15, -0.1) is 0 Å². The number of para-hydroxylation sites is 1. The van der Waals surface area contributed by atoms with E-state index in [0.717, 1.165) is 18.4 Å². The van der Waals surface area contributed by atoms with Gasteiger partial charge in [-0.25, -0.2) is 0 Å². The summed E-state index contributed by atoms with van der Waals surface area (Å²) in [6.45, 7) is 0.375. The lowest BCUT2D eigenvalue weighted by molar-refractivity contribution is -0.123. The third-order valence-electron chi connectivity index (χ3n) is 3.62. The summed E-state index contributed by atoms with van der Waals surface area (Å²) in [5.41, 5.74) is 6.30. The third kappa shape index (κ3) is 4.10. The van der Waals surface area contributed by atoms with Crippen molar-refractivity contribution in [1.82, 2.24) is 10.9 Å². The maximum atomic E-state index is 12.2. The maximum Gasteiger partial charge on any atom is 0.273 e. The van der Waals surface area contributed by atoms with Gasteiger partial charge in [0.05, 0.1) is 5.56 Å². The number of hydrazine groups is 1. The van der Waals surface area contributed by atoms with Gasteiger partial charge in [0, 0.05) is 5.92 Å². The van der Waals surface area contributed by atoms with E-state index in [2.05, 4.69) is 10.9 Å². The fourth-order valence-corrected chi connectivity index (χ4v) is 2.15. The molecule has 2 amide bonds. The Morgan fingerprint density at radius 2 is 1.65 bits per heavy atom. The van der Waals surface area contributed by atoms with Crippen LogP contribution in [0.4, 0.5) is 0 Å². The van der Waals surface area contributed by atoms with Crippen molar-refractivity contribution in [3.8, 4) is 5.75 Å². The summed E-state index contributed by atoms with van der Waals surface area (Å²) in [7, 11) is 0. The molecule has 0 heterocycles. The number of benzene rings is 2. The van der Waals surface area contributed by atoms with Crippen molar-refractivity contribution in [2.24, 2.45) is 5.92 Å². The highest BCUT2D eigenvalue weighted by molar-refractivity contribution is 5.98. The van der Waals surface area contributed by atoms with E-state index in [-0.39, 0.29) is 17.7 Å². The smallest absolute Gasteiger partial charge is 0.273 e. The molecule has 0 aliphatic heterocycles. The lowest BCUT2D eigenvalue weighted by atomic mass is 10.2. The highest BCUT2D eigenvalue weighted by Crippen LogP contribution is 2.28. The summed E-state index contributed by atoms with van der Waals surface area (Å²) >= 11 is 0. The van der Waals surface area contributed by atoms with Crippen molar-refractivity contribution in [3.05, 3.63) is 65.7 Å². The van der Waals surface area contributed by atoms with Crippen LogP contribution in [0.3, 0.4) is 0 Å².